The van der Waals surface area contributed by atoms with E-state index in [0.29, 0.717) is 25.5 Å². The monoisotopic (exact) mass is 376 g/mol. The first-order chi connectivity index (χ1) is 13.8. The molecule has 0 saturated carbocycles. The number of rotatable bonds is 5. The minimum Gasteiger partial charge on any atom is -0.473 e. The molecule has 1 aliphatic rings. The van der Waals surface area contributed by atoms with Crippen LogP contribution in [-0.2, 0) is 6.42 Å². The number of carbonyl (C=O) groups excluding carboxylic acids is 1. The Morgan fingerprint density at radius 3 is 2.64 bits per heavy atom. The molecule has 4 rings (SSSR count). The number of benzene rings is 2. The van der Waals surface area contributed by atoms with Crippen molar-refractivity contribution in [2.75, 3.05) is 19.6 Å². The first kappa shape index (κ1) is 18.2. The van der Waals surface area contributed by atoms with Gasteiger partial charge in [-0.2, -0.15) is 5.10 Å². The Kier molecular flexibility index (Phi) is 5.66. The Morgan fingerprint density at radius 1 is 1.07 bits per heavy atom. The zero-order chi connectivity index (χ0) is 19.2. The topological polar surface area (TPSA) is 67.4 Å². The van der Waals surface area contributed by atoms with E-state index in [2.05, 4.69) is 27.6 Å². The molecule has 1 aromatic heterocycles. The maximum Gasteiger partial charge on any atom is 0.317 e. The second-order valence-corrected chi connectivity index (χ2v) is 7.01. The van der Waals surface area contributed by atoms with E-state index < -0.39 is 0 Å². The van der Waals surface area contributed by atoms with E-state index in [0.717, 1.165) is 30.0 Å². The number of nitrogens with one attached hydrogen (secondary N) is 1. The summed E-state index contributed by atoms with van der Waals surface area (Å²) in [5.74, 6) is 0.573. The average Bonchev–Trinajstić information content (AvgIpc) is 2.75. The van der Waals surface area contributed by atoms with Crippen LogP contribution in [0.15, 0.2) is 60.8 Å². The minimum atomic E-state index is -0.000617. The highest BCUT2D eigenvalue weighted by Crippen LogP contribution is 2.24. The molecule has 3 aromatic rings. The van der Waals surface area contributed by atoms with Crippen molar-refractivity contribution in [1.29, 1.82) is 0 Å². The Balaban J connectivity index is 1.25. The molecule has 0 spiro atoms. The molecule has 28 heavy (non-hydrogen) atoms. The number of hydrogen-bond donors (Lipinski definition) is 1. The van der Waals surface area contributed by atoms with Crippen molar-refractivity contribution in [1.82, 2.24) is 20.4 Å². The Bertz CT molecular complexity index is 919. The highest BCUT2D eigenvalue weighted by atomic mass is 16.5. The fourth-order valence-corrected chi connectivity index (χ4v) is 3.49. The van der Waals surface area contributed by atoms with Gasteiger partial charge in [0.05, 0.1) is 6.20 Å². The van der Waals surface area contributed by atoms with Crippen LogP contribution in [0.2, 0.25) is 0 Å². The summed E-state index contributed by atoms with van der Waals surface area (Å²) >= 11 is 0. The van der Waals surface area contributed by atoms with Crippen LogP contribution in [0, 0.1) is 0 Å². The van der Waals surface area contributed by atoms with E-state index in [9.17, 15) is 4.79 Å². The van der Waals surface area contributed by atoms with Gasteiger partial charge >= 0.3 is 6.03 Å². The molecular formula is C22H24N4O2. The third kappa shape index (κ3) is 4.39. The largest absolute Gasteiger partial charge is 0.473 e. The van der Waals surface area contributed by atoms with Gasteiger partial charge in [-0.05, 0) is 18.1 Å². The summed E-state index contributed by atoms with van der Waals surface area (Å²) < 4.78 is 6.10. The van der Waals surface area contributed by atoms with Crippen LogP contribution in [0.4, 0.5) is 4.79 Å². The van der Waals surface area contributed by atoms with E-state index in [1.54, 1.807) is 6.20 Å². The highest BCUT2D eigenvalue weighted by molar-refractivity contribution is 5.85. The molecule has 6 nitrogen and oxygen atoms in total. The van der Waals surface area contributed by atoms with Gasteiger partial charge in [-0.15, -0.1) is 5.10 Å². The lowest BCUT2D eigenvalue weighted by Crippen LogP contribution is -2.47. The second kappa shape index (κ2) is 8.69. The third-order valence-corrected chi connectivity index (χ3v) is 5.08. The summed E-state index contributed by atoms with van der Waals surface area (Å²) in [5.41, 5.74) is 1.23. The SMILES string of the molecule is O=C(NCCc1ccccc1)N1CCC(Oc2nncc3ccccc23)CC1. The number of fused-ring (bicyclic) bond motifs is 1. The Morgan fingerprint density at radius 2 is 1.82 bits per heavy atom. The molecule has 144 valence electrons. The molecule has 0 atom stereocenters. The molecule has 0 unspecified atom stereocenters. The summed E-state index contributed by atoms with van der Waals surface area (Å²) in [7, 11) is 0. The molecule has 1 saturated heterocycles. The summed E-state index contributed by atoms with van der Waals surface area (Å²) in [4.78, 5) is 14.2. The fraction of sp³-hybridized carbons (Fsp3) is 0.318. The van der Waals surface area contributed by atoms with Crippen LogP contribution < -0.4 is 10.1 Å². The van der Waals surface area contributed by atoms with Gasteiger partial charge in [0.15, 0.2) is 0 Å². The highest BCUT2D eigenvalue weighted by Gasteiger charge is 2.24. The minimum absolute atomic E-state index is 0.000617. The molecule has 0 radical (unpaired) electrons. The lowest BCUT2D eigenvalue weighted by atomic mass is 10.1. The average molecular weight is 376 g/mol. The fourth-order valence-electron chi connectivity index (χ4n) is 3.49. The number of likely N-dealkylation sites (tertiary alicyclic amines) is 1. The summed E-state index contributed by atoms with van der Waals surface area (Å²) in [6, 6.07) is 18.1. The van der Waals surface area contributed by atoms with Crippen LogP contribution in [-0.4, -0.2) is 46.9 Å². The number of hydrogen-bond acceptors (Lipinski definition) is 4. The van der Waals surface area contributed by atoms with E-state index in [4.69, 9.17) is 4.74 Å². The van der Waals surface area contributed by atoms with Crippen molar-refractivity contribution in [3.05, 3.63) is 66.4 Å². The lowest BCUT2D eigenvalue weighted by Gasteiger charge is -2.32. The number of ether oxygens (including phenoxy) is 1. The van der Waals surface area contributed by atoms with E-state index in [-0.39, 0.29) is 12.1 Å². The standard InChI is InChI=1S/C22H24N4O2/c27-22(23-13-10-17-6-2-1-3-7-17)26-14-11-19(12-15-26)28-21-20-9-5-4-8-18(20)16-24-25-21/h1-9,16,19H,10-15H2,(H,23,27). The van der Waals surface area contributed by atoms with Crippen LogP contribution in [0.25, 0.3) is 10.8 Å². The summed E-state index contributed by atoms with van der Waals surface area (Å²) in [6.07, 6.45) is 4.21. The number of aromatic nitrogens is 2. The molecule has 2 heterocycles. The molecule has 6 heteroatoms. The predicted octanol–water partition coefficient (Wildman–Crippen LogP) is 3.43. The van der Waals surface area contributed by atoms with Crippen molar-refractivity contribution < 1.29 is 9.53 Å². The van der Waals surface area contributed by atoms with Crippen molar-refractivity contribution >= 4 is 16.8 Å². The zero-order valence-electron chi connectivity index (χ0n) is 15.8. The summed E-state index contributed by atoms with van der Waals surface area (Å²) in [5, 5.41) is 13.2. The van der Waals surface area contributed by atoms with Gasteiger partial charge in [0.2, 0.25) is 5.88 Å². The van der Waals surface area contributed by atoms with Crippen molar-refractivity contribution in [2.45, 2.75) is 25.4 Å². The van der Waals surface area contributed by atoms with Gasteiger partial charge in [-0.25, -0.2) is 4.79 Å². The van der Waals surface area contributed by atoms with Gasteiger partial charge in [0.1, 0.15) is 6.10 Å². The van der Waals surface area contributed by atoms with E-state index >= 15 is 0 Å². The molecule has 0 bridgehead atoms. The van der Waals surface area contributed by atoms with E-state index in [1.165, 1.54) is 5.56 Å². The van der Waals surface area contributed by atoms with Crippen molar-refractivity contribution in [3.8, 4) is 5.88 Å². The quantitative estimate of drug-likeness (QED) is 0.741. The predicted molar refractivity (Wildman–Crippen MR) is 108 cm³/mol. The third-order valence-electron chi connectivity index (χ3n) is 5.08. The maximum absolute atomic E-state index is 12.4. The van der Waals surface area contributed by atoms with Crippen LogP contribution >= 0.6 is 0 Å². The van der Waals surface area contributed by atoms with Crippen molar-refractivity contribution in [3.63, 3.8) is 0 Å². The van der Waals surface area contributed by atoms with E-state index in [1.807, 2.05) is 47.4 Å². The number of urea groups is 1. The van der Waals surface area contributed by atoms with Crippen LogP contribution in [0.3, 0.4) is 0 Å². The van der Waals surface area contributed by atoms with Gasteiger partial charge < -0.3 is 15.0 Å². The van der Waals surface area contributed by atoms with Gasteiger partial charge in [0, 0.05) is 43.2 Å². The molecule has 1 fully saturated rings. The first-order valence-electron chi connectivity index (χ1n) is 9.73. The lowest BCUT2D eigenvalue weighted by molar-refractivity contribution is 0.108. The maximum atomic E-state index is 12.4. The van der Waals surface area contributed by atoms with Gasteiger partial charge in [-0.3, -0.25) is 0 Å². The number of amides is 2. The molecule has 1 aliphatic heterocycles. The molecule has 2 aromatic carbocycles. The van der Waals surface area contributed by atoms with Crippen LogP contribution in [0.1, 0.15) is 18.4 Å². The zero-order valence-corrected chi connectivity index (χ0v) is 15.8. The summed E-state index contributed by atoms with van der Waals surface area (Å²) in [6.45, 7) is 2.00. The normalized spacial score (nSPS) is 14.8. The van der Waals surface area contributed by atoms with Crippen LogP contribution in [0.5, 0.6) is 5.88 Å². The van der Waals surface area contributed by atoms with Gasteiger partial charge in [0.25, 0.3) is 0 Å². The number of piperidine rings is 1. The first-order valence-corrected chi connectivity index (χ1v) is 9.73. The van der Waals surface area contributed by atoms with Crippen molar-refractivity contribution in [2.24, 2.45) is 0 Å². The molecule has 1 N–H and O–H groups in total. The van der Waals surface area contributed by atoms with Gasteiger partial charge in [-0.1, -0.05) is 48.5 Å². The smallest absolute Gasteiger partial charge is 0.317 e. The number of nitrogens with zero attached hydrogens (tertiary/aromatic N) is 3. The second-order valence-electron chi connectivity index (χ2n) is 7.01. The molecular weight excluding hydrogens is 352 g/mol. The molecule has 0 aliphatic carbocycles. The Hall–Kier alpha value is -3.15. The number of carbonyl (C=O) groups is 1. The molecule has 2 amide bonds. The Labute approximate surface area is 164 Å².